The first-order chi connectivity index (χ1) is 15.3. The van der Waals surface area contributed by atoms with Gasteiger partial charge in [0.2, 0.25) is 11.8 Å². The average molecular weight is 473 g/mol. The van der Waals surface area contributed by atoms with Crippen LogP contribution in [0.2, 0.25) is 10.0 Å². The molecule has 4 rings (SSSR count). The smallest absolute Gasteiger partial charge is 0.326 e. The molecule has 2 aromatic carbocycles. The third-order valence-corrected chi connectivity index (χ3v) is 5.92. The lowest BCUT2D eigenvalue weighted by molar-refractivity contribution is -0.125. The van der Waals surface area contributed by atoms with E-state index in [9.17, 15) is 19.2 Å². The Bertz CT molecular complexity index is 1320. The molecular weight excluding hydrogens is 455 g/mol. The Morgan fingerprint density at radius 2 is 1.81 bits per heavy atom. The van der Waals surface area contributed by atoms with Crippen molar-refractivity contribution >= 4 is 46.5 Å². The number of rotatable bonds is 5. The standard InChI is InChI=1S/C22H18Cl2N4O4/c23-16-7-6-14(10-17(16)24)25-18(29)9-13-8-15-19(26-20(13)30)28(22(32)27-21(15)31)11-12-4-2-1-3-5-12/h1-7,10,13H,8-9,11H2,(H,25,29)(H,26,30)(H,27,31,32)/t13-/m1/s1. The van der Waals surface area contributed by atoms with Gasteiger partial charge in [-0.2, -0.15) is 0 Å². The molecule has 164 valence electrons. The summed E-state index contributed by atoms with van der Waals surface area (Å²) in [6, 6.07) is 13.8. The Hall–Kier alpha value is -3.36. The van der Waals surface area contributed by atoms with Crippen LogP contribution in [0.15, 0.2) is 58.1 Å². The van der Waals surface area contributed by atoms with Gasteiger partial charge in [-0.25, -0.2) is 4.79 Å². The fourth-order valence-electron chi connectivity index (χ4n) is 3.59. The first kappa shape index (κ1) is 21.9. The van der Waals surface area contributed by atoms with Gasteiger partial charge >= 0.3 is 5.69 Å². The highest BCUT2D eigenvalue weighted by molar-refractivity contribution is 6.42. The van der Waals surface area contributed by atoms with E-state index in [4.69, 9.17) is 23.2 Å². The number of benzene rings is 2. The van der Waals surface area contributed by atoms with Gasteiger partial charge in [-0.1, -0.05) is 53.5 Å². The summed E-state index contributed by atoms with van der Waals surface area (Å²) in [7, 11) is 0. The van der Waals surface area contributed by atoms with Gasteiger partial charge < -0.3 is 10.6 Å². The first-order valence-electron chi connectivity index (χ1n) is 9.77. The molecule has 0 fully saturated rings. The molecule has 1 aromatic heterocycles. The van der Waals surface area contributed by atoms with Crippen molar-refractivity contribution < 1.29 is 9.59 Å². The van der Waals surface area contributed by atoms with Gasteiger partial charge in [0, 0.05) is 12.1 Å². The average Bonchev–Trinajstić information content (AvgIpc) is 2.75. The summed E-state index contributed by atoms with van der Waals surface area (Å²) in [5, 5.41) is 5.96. The second kappa shape index (κ2) is 9.02. The summed E-state index contributed by atoms with van der Waals surface area (Å²) in [4.78, 5) is 52.3. The minimum atomic E-state index is -0.769. The fraction of sp³-hybridized carbons (Fsp3) is 0.182. The van der Waals surface area contributed by atoms with Crippen molar-refractivity contribution in [1.82, 2.24) is 9.55 Å². The number of hydrogen-bond donors (Lipinski definition) is 3. The lowest BCUT2D eigenvalue weighted by atomic mass is 9.92. The molecular formula is C22H18Cl2N4O4. The third-order valence-electron chi connectivity index (χ3n) is 5.18. The highest BCUT2D eigenvalue weighted by Gasteiger charge is 2.32. The second-order valence-electron chi connectivity index (χ2n) is 7.43. The molecule has 1 atom stereocenters. The van der Waals surface area contributed by atoms with Crippen molar-refractivity contribution in [2.24, 2.45) is 5.92 Å². The molecule has 1 aliphatic heterocycles. The van der Waals surface area contributed by atoms with Crippen molar-refractivity contribution in [2.45, 2.75) is 19.4 Å². The Balaban J connectivity index is 1.55. The zero-order valence-electron chi connectivity index (χ0n) is 16.7. The van der Waals surface area contributed by atoms with Crippen LogP contribution < -0.4 is 21.9 Å². The maximum Gasteiger partial charge on any atom is 0.330 e. The number of H-pyrrole nitrogens is 1. The van der Waals surface area contributed by atoms with Crippen LogP contribution in [0.5, 0.6) is 0 Å². The zero-order valence-corrected chi connectivity index (χ0v) is 18.2. The van der Waals surface area contributed by atoms with Crippen molar-refractivity contribution in [3.05, 3.63) is 90.5 Å². The van der Waals surface area contributed by atoms with Gasteiger partial charge in [-0.15, -0.1) is 0 Å². The number of aromatic amines is 1. The molecule has 1 aliphatic rings. The van der Waals surface area contributed by atoms with Crippen LogP contribution in [0.4, 0.5) is 11.5 Å². The summed E-state index contributed by atoms with van der Waals surface area (Å²) < 4.78 is 1.32. The van der Waals surface area contributed by atoms with Crippen molar-refractivity contribution in [3.63, 3.8) is 0 Å². The number of nitrogens with zero attached hydrogens (tertiary/aromatic N) is 1. The maximum atomic E-state index is 12.7. The predicted octanol–water partition coefficient (Wildman–Crippen LogP) is 3.03. The molecule has 0 saturated heterocycles. The largest absolute Gasteiger partial charge is 0.330 e. The van der Waals surface area contributed by atoms with Gasteiger partial charge in [0.05, 0.1) is 28.1 Å². The van der Waals surface area contributed by atoms with E-state index in [0.717, 1.165) is 5.56 Å². The molecule has 32 heavy (non-hydrogen) atoms. The monoisotopic (exact) mass is 472 g/mol. The van der Waals surface area contributed by atoms with E-state index >= 15 is 0 Å². The summed E-state index contributed by atoms with van der Waals surface area (Å²) in [5.41, 5.74) is 0.335. The van der Waals surface area contributed by atoms with Crippen LogP contribution in [0.1, 0.15) is 17.5 Å². The first-order valence-corrected chi connectivity index (χ1v) is 10.5. The van der Waals surface area contributed by atoms with Crippen LogP contribution in [0.3, 0.4) is 0 Å². The quantitative estimate of drug-likeness (QED) is 0.529. The number of nitrogens with one attached hydrogen (secondary N) is 3. The molecule has 0 aliphatic carbocycles. The van der Waals surface area contributed by atoms with Crippen molar-refractivity contribution in [3.8, 4) is 0 Å². The van der Waals surface area contributed by atoms with Gasteiger partial charge in [-0.05, 0) is 30.2 Å². The summed E-state index contributed by atoms with van der Waals surface area (Å²) in [5.74, 6) is -1.46. The summed E-state index contributed by atoms with van der Waals surface area (Å²) >= 11 is 11.8. The number of carbonyl (C=O) groups is 2. The lowest BCUT2D eigenvalue weighted by Crippen LogP contribution is -2.42. The van der Waals surface area contributed by atoms with Crippen LogP contribution in [-0.4, -0.2) is 21.4 Å². The minimum absolute atomic E-state index is 0.0281. The number of hydrogen-bond acceptors (Lipinski definition) is 4. The molecule has 0 saturated carbocycles. The molecule has 0 radical (unpaired) electrons. The number of amides is 2. The van der Waals surface area contributed by atoms with Gasteiger partial charge in [-0.3, -0.25) is 23.9 Å². The van der Waals surface area contributed by atoms with E-state index in [2.05, 4.69) is 15.6 Å². The van der Waals surface area contributed by atoms with E-state index in [1.807, 2.05) is 30.3 Å². The van der Waals surface area contributed by atoms with E-state index in [-0.39, 0.29) is 35.8 Å². The van der Waals surface area contributed by atoms with Crippen molar-refractivity contribution in [1.29, 1.82) is 0 Å². The normalized spacial score (nSPS) is 15.1. The van der Waals surface area contributed by atoms with E-state index in [1.165, 1.54) is 10.6 Å². The highest BCUT2D eigenvalue weighted by atomic mass is 35.5. The molecule has 0 spiro atoms. The second-order valence-corrected chi connectivity index (χ2v) is 8.24. The molecule has 8 nitrogen and oxygen atoms in total. The Morgan fingerprint density at radius 3 is 2.53 bits per heavy atom. The SMILES string of the molecule is O=C(C[C@H]1Cc2c(n(Cc3ccccc3)c(=O)[nH]c2=O)NC1=O)Nc1ccc(Cl)c(Cl)c1. The summed E-state index contributed by atoms with van der Waals surface area (Å²) in [6.07, 6.45) is -0.122. The van der Waals surface area contributed by atoms with Crippen molar-refractivity contribution in [2.75, 3.05) is 10.6 Å². The molecule has 10 heteroatoms. The number of aromatic nitrogens is 2. The molecule has 3 aromatic rings. The highest BCUT2D eigenvalue weighted by Crippen LogP contribution is 2.27. The summed E-state index contributed by atoms with van der Waals surface area (Å²) in [6.45, 7) is 0.182. The number of fused-ring (bicyclic) bond motifs is 1. The van der Waals surface area contributed by atoms with E-state index in [0.29, 0.717) is 10.7 Å². The van der Waals surface area contributed by atoms with E-state index < -0.39 is 29.0 Å². The molecule has 0 bridgehead atoms. The van der Waals surface area contributed by atoms with Crippen LogP contribution >= 0.6 is 23.2 Å². The van der Waals surface area contributed by atoms with Crippen LogP contribution in [0, 0.1) is 5.92 Å². The molecule has 2 amide bonds. The fourth-order valence-corrected chi connectivity index (χ4v) is 3.89. The van der Waals surface area contributed by atoms with Crippen LogP contribution in [-0.2, 0) is 22.6 Å². The predicted molar refractivity (Wildman–Crippen MR) is 122 cm³/mol. The molecule has 2 heterocycles. The lowest BCUT2D eigenvalue weighted by Gasteiger charge is -2.26. The Labute approximate surface area is 192 Å². The number of anilines is 2. The number of halogens is 2. The Morgan fingerprint density at radius 1 is 1.06 bits per heavy atom. The van der Waals surface area contributed by atoms with Gasteiger partial charge in [0.15, 0.2) is 0 Å². The number of carbonyl (C=O) groups excluding carboxylic acids is 2. The third kappa shape index (κ3) is 4.61. The molecule has 3 N–H and O–H groups in total. The minimum Gasteiger partial charge on any atom is -0.326 e. The van der Waals surface area contributed by atoms with Gasteiger partial charge in [0.25, 0.3) is 5.56 Å². The van der Waals surface area contributed by atoms with Gasteiger partial charge in [0.1, 0.15) is 5.82 Å². The van der Waals surface area contributed by atoms with E-state index in [1.54, 1.807) is 12.1 Å². The molecule has 0 unspecified atom stereocenters. The topological polar surface area (TPSA) is 113 Å². The maximum absolute atomic E-state index is 12.7. The van der Waals surface area contributed by atoms with Crippen LogP contribution in [0.25, 0.3) is 0 Å². The zero-order chi connectivity index (χ0) is 22.8. The Kier molecular flexibility index (Phi) is 6.16.